The molecule has 0 saturated carbocycles. The van der Waals surface area contributed by atoms with Crippen molar-refractivity contribution in [3.8, 4) is 0 Å². The van der Waals surface area contributed by atoms with E-state index in [4.69, 9.17) is 14.6 Å². The zero-order valence-electron chi connectivity index (χ0n) is 11.0. The maximum Gasteiger partial charge on any atom is 0.187 e. The highest BCUT2D eigenvalue weighted by Gasteiger charge is 2.48. The second kappa shape index (κ2) is 6.79. The van der Waals surface area contributed by atoms with E-state index in [-0.39, 0.29) is 6.61 Å². The van der Waals surface area contributed by atoms with Gasteiger partial charge in [0.05, 0.1) is 13.2 Å². The van der Waals surface area contributed by atoms with Gasteiger partial charge < -0.3 is 50.0 Å². The SMILES string of the molecule is OC[C@@H]1O[C@H](O[C@@H]2[C@H](O)[C@H](O)OC[C@@H]2O)[C@@H](O)[C@H](O)[C@H]1O. The molecular formula is C11H20O10. The van der Waals surface area contributed by atoms with E-state index in [0.29, 0.717) is 0 Å². The lowest BCUT2D eigenvalue weighted by Crippen LogP contribution is -2.62. The van der Waals surface area contributed by atoms with Gasteiger partial charge in [0.2, 0.25) is 0 Å². The van der Waals surface area contributed by atoms with Crippen LogP contribution in [0.2, 0.25) is 0 Å². The van der Waals surface area contributed by atoms with Crippen molar-refractivity contribution in [1.29, 1.82) is 0 Å². The van der Waals surface area contributed by atoms with E-state index in [1.165, 1.54) is 0 Å². The van der Waals surface area contributed by atoms with Crippen molar-refractivity contribution in [2.75, 3.05) is 13.2 Å². The zero-order valence-corrected chi connectivity index (χ0v) is 11.0. The summed E-state index contributed by atoms with van der Waals surface area (Å²) in [6, 6.07) is 0. The predicted molar refractivity (Wildman–Crippen MR) is 62.6 cm³/mol. The number of aliphatic hydroxyl groups is 7. The van der Waals surface area contributed by atoms with Crippen molar-refractivity contribution in [3.05, 3.63) is 0 Å². The van der Waals surface area contributed by atoms with Gasteiger partial charge in [-0.2, -0.15) is 0 Å². The van der Waals surface area contributed by atoms with Crippen molar-refractivity contribution in [1.82, 2.24) is 0 Å². The quantitative estimate of drug-likeness (QED) is 0.268. The molecule has 9 atom stereocenters. The number of hydrogen-bond acceptors (Lipinski definition) is 10. The van der Waals surface area contributed by atoms with Crippen molar-refractivity contribution < 1.29 is 50.0 Å². The van der Waals surface area contributed by atoms with Crippen LogP contribution in [0.15, 0.2) is 0 Å². The molecule has 0 bridgehead atoms. The Kier molecular flexibility index (Phi) is 5.48. The number of ether oxygens (including phenoxy) is 3. The summed E-state index contributed by atoms with van der Waals surface area (Å²) in [5.74, 6) is 0. The highest BCUT2D eigenvalue weighted by atomic mass is 16.7. The van der Waals surface area contributed by atoms with E-state index in [2.05, 4.69) is 4.74 Å². The monoisotopic (exact) mass is 312 g/mol. The van der Waals surface area contributed by atoms with Crippen LogP contribution in [-0.2, 0) is 14.2 Å². The largest absolute Gasteiger partial charge is 0.394 e. The van der Waals surface area contributed by atoms with Gasteiger partial charge in [-0.3, -0.25) is 0 Å². The van der Waals surface area contributed by atoms with Crippen LogP contribution in [0.3, 0.4) is 0 Å². The molecule has 0 aromatic carbocycles. The minimum absolute atomic E-state index is 0.305. The molecule has 0 aromatic rings. The van der Waals surface area contributed by atoms with Crippen molar-refractivity contribution in [2.24, 2.45) is 0 Å². The Bertz CT molecular complexity index is 339. The summed E-state index contributed by atoms with van der Waals surface area (Å²) in [7, 11) is 0. The summed E-state index contributed by atoms with van der Waals surface area (Å²) in [5.41, 5.74) is 0. The Morgan fingerprint density at radius 2 is 1.57 bits per heavy atom. The van der Waals surface area contributed by atoms with Crippen molar-refractivity contribution in [3.63, 3.8) is 0 Å². The van der Waals surface area contributed by atoms with Gasteiger partial charge >= 0.3 is 0 Å². The highest BCUT2D eigenvalue weighted by molar-refractivity contribution is 4.91. The van der Waals surface area contributed by atoms with Gasteiger partial charge in [0, 0.05) is 0 Å². The summed E-state index contributed by atoms with van der Waals surface area (Å²) in [6.45, 7) is -0.938. The molecule has 2 aliphatic rings. The normalized spacial score (nSPS) is 51.9. The fourth-order valence-corrected chi connectivity index (χ4v) is 2.29. The van der Waals surface area contributed by atoms with Gasteiger partial charge in [0.25, 0.3) is 0 Å². The highest BCUT2D eigenvalue weighted by Crippen LogP contribution is 2.26. The van der Waals surface area contributed by atoms with Gasteiger partial charge in [-0.25, -0.2) is 0 Å². The lowest BCUT2D eigenvalue weighted by atomic mass is 9.98. The molecule has 0 aliphatic carbocycles. The molecule has 21 heavy (non-hydrogen) atoms. The lowest BCUT2D eigenvalue weighted by Gasteiger charge is -2.43. The van der Waals surface area contributed by atoms with Gasteiger partial charge in [-0.05, 0) is 0 Å². The molecular weight excluding hydrogens is 292 g/mol. The first-order chi connectivity index (χ1) is 9.86. The molecule has 0 unspecified atom stereocenters. The molecule has 2 fully saturated rings. The number of rotatable bonds is 3. The van der Waals surface area contributed by atoms with Crippen LogP contribution in [0.4, 0.5) is 0 Å². The van der Waals surface area contributed by atoms with Crippen LogP contribution >= 0.6 is 0 Å². The molecule has 2 heterocycles. The van der Waals surface area contributed by atoms with E-state index < -0.39 is 61.9 Å². The zero-order chi connectivity index (χ0) is 15.7. The summed E-state index contributed by atoms with van der Waals surface area (Å²) in [5, 5.41) is 66.8. The molecule has 0 aromatic heterocycles. The molecule has 0 spiro atoms. The first-order valence-electron chi connectivity index (χ1n) is 6.48. The van der Waals surface area contributed by atoms with Crippen LogP contribution in [0, 0.1) is 0 Å². The van der Waals surface area contributed by atoms with Gasteiger partial charge in [-0.15, -0.1) is 0 Å². The maximum atomic E-state index is 9.79. The van der Waals surface area contributed by atoms with E-state index in [1.807, 2.05) is 0 Å². The van der Waals surface area contributed by atoms with Crippen LogP contribution < -0.4 is 0 Å². The molecule has 124 valence electrons. The Labute approximate surface area is 119 Å². The van der Waals surface area contributed by atoms with Crippen LogP contribution in [0.5, 0.6) is 0 Å². The van der Waals surface area contributed by atoms with Crippen LogP contribution in [0.25, 0.3) is 0 Å². The summed E-state index contributed by atoms with van der Waals surface area (Å²) in [4.78, 5) is 0. The smallest absolute Gasteiger partial charge is 0.187 e. The standard InChI is InChI=1S/C11H20O10/c12-1-4-5(14)6(15)7(16)11(20-4)21-9-3(13)2-19-10(18)8(9)17/h3-18H,1-2H2/t3-,4-,5-,6+,7-,8-,9-,10+,11+/m0/s1. The molecule has 10 nitrogen and oxygen atoms in total. The molecule has 2 aliphatic heterocycles. The van der Waals surface area contributed by atoms with Gasteiger partial charge in [0.1, 0.15) is 42.7 Å². The summed E-state index contributed by atoms with van der Waals surface area (Å²) < 4.78 is 15.0. The second-order valence-electron chi connectivity index (χ2n) is 5.08. The van der Waals surface area contributed by atoms with Crippen LogP contribution in [0.1, 0.15) is 0 Å². The van der Waals surface area contributed by atoms with E-state index >= 15 is 0 Å². The molecule has 0 radical (unpaired) electrons. The average Bonchev–Trinajstić information content (AvgIpc) is 2.47. The van der Waals surface area contributed by atoms with E-state index in [0.717, 1.165) is 0 Å². The molecule has 2 saturated heterocycles. The van der Waals surface area contributed by atoms with E-state index in [9.17, 15) is 30.6 Å². The fraction of sp³-hybridized carbons (Fsp3) is 1.00. The summed E-state index contributed by atoms with van der Waals surface area (Å²) in [6.07, 6.45) is -13.3. The number of aliphatic hydroxyl groups excluding tert-OH is 7. The molecule has 0 amide bonds. The second-order valence-corrected chi connectivity index (χ2v) is 5.08. The maximum absolute atomic E-state index is 9.79. The topological polar surface area (TPSA) is 169 Å². The summed E-state index contributed by atoms with van der Waals surface area (Å²) >= 11 is 0. The molecule has 2 rings (SSSR count). The van der Waals surface area contributed by atoms with Crippen molar-refractivity contribution >= 4 is 0 Å². The average molecular weight is 312 g/mol. The van der Waals surface area contributed by atoms with Crippen molar-refractivity contribution in [2.45, 2.75) is 55.3 Å². The lowest BCUT2D eigenvalue weighted by molar-refractivity contribution is -0.345. The van der Waals surface area contributed by atoms with Crippen LogP contribution in [-0.4, -0.2) is 104 Å². The first kappa shape index (κ1) is 17.0. The Hall–Kier alpha value is -0.400. The van der Waals surface area contributed by atoms with E-state index in [1.54, 1.807) is 0 Å². The minimum atomic E-state index is -1.66. The fourth-order valence-electron chi connectivity index (χ4n) is 2.29. The van der Waals surface area contributed by atoms with Gasteiger partial charge in [0.15, 0.2) is 12.6 Å². The predicted octanol–water partition coefficient (Wildman–Crippen LogP) is -4.76. The Balaban J connectivity index is 2.06. The first-order valence-corrected chi connectivity index (χ1v) is 6.48. The molecule has 7 N–H and O–H groups in total. The minimum Gasteiger partial charge on any atom is -0.394 e. The Morgan fingerprint density at radius 1 is 0.905 bits per heavy atom. The number of hydrogen-bond donors (Lipinski definition) is 7. The van der Waals surface area contributed by atoms with Gasteiger partial charge in [-0.1, -0.05) is 0 Å². The third kappa shape index (κ3) is 3.35. The third-order valence-corrected chi connectivity index (χ3v) is 3.59. The molecule has 10 heteroatoms. The third-order valence-electron chi connectivity index (χ3n) is 3.59. The Morgan fingerprint density at radius 3 is 2.19 bits per heavy atom.